The second kappa shape index (κ2) is 7.80. The molecule has 5 heteroatoms. The molecule has 5 nitrogen and oxygen atoms in total. The predicted octanol–water partition coefficient (Wildman–Crippen LogP) is 4.29. The summed E-state index contributed by atoms with van der Waals surface area (Å²) < 4.78 is 0. The normalized spacial score (nSPS) is 11.4. The van der Waals surface area contributed by atoms with Crippen molar-refractivity contribution in [2.45, 2.75) is 33.6 Å². The van der Waals surface area contributed by atoms with E-state index in [1.165, 1.54) is 0 Å². The van der Waals surface area contributed by atoms with Crippen LogP contribution in [0.1, 0.15) is 43.1 Å². The molecule has 3 aromatic rings. The average molecular weight is 374 g/mol. The fourth-order valence-electron chi connectivity index (χ4n) is 3.28. The van der Waals surface area contributed by atoms with Crippen molar-refractivity contribution < 1.29 is 4.79 Å². The van der Waals surface area contributed by atoms with Crippen LogP contribution >= 0.6 is 0 Å². The number of aromatic nitrogens is 1. The molecular formula is C23H26N4O. The Balaban J connectivity index is 2.41. The van der Waals surface area contributed by atoms with Crippen molar-refractivity contribution in [2.75, 3.05) is 0 Å². The van der Waals surface area contributed by atoms with Crippen LogP contribution in [-0.4, -0.2) is 16.9 Å². The third kappa shape index (κ3) is 4.03. The van der Waals surface area contributed by atoms with E-state index in [0.29, 0.717) is 12.0 Å². The molecule has 0 unspecified atom stereocenters. The third-order valence-electron chi connectivity index (χ3n) is 5.10. The highest BCUT2D eigenvalue weighted by Gasteiger charge is 2.26. The first-order valence-corrected chi connectivity index (χ1v) is 9.43. The van der Waals surface area contributed by atoms with Crippen LogP contribution < -0.4 is 11.5 Å². The van der Waals surface area contributed by atoms with Gasteiger partial charge in [0.05, 0.1) is 16.8 Å². The van der Waals surface area contributed by atoms with E-state index >= 15 is 0 Å². The third-order valence-corrected chi connectivity index (χ3v) is 5.10. The lowest BCUT2D eigenvalue weighted by Gasteiger charge is -2.26. The quantitative estimate of drug-likeness (QED) is 0.514. The van der Waals surface area contributed by atoms with E-state index in [1.807, 2.05) is 54.6 Å². The first-order valence-electron chi connectivity index (χ1n) is 9.43. The van der Waals surface area contributed by atoms with E-state index < -0.39 is 5.91 Å². The zero-order valence-corrected chi connectivity index (χ0v) is 16.6. The Morgan fingerprint density at radius 1 is 1.04 bits per heavy atom. The van der Waals surface area contributed by atoms with Crippen molar-refractivity contribution in [3.05, 3.63) is 65.7 Å². The molecule has 2 aromatic carbocycles. The lowest BCUT2D eigenvalue weighted by Crippen LogP contribution is -2.25. The molecule has 1 amide bonds. The van der Waals surface area contributed by atoms with Gasteiger partial charge in [-0.2, -0.15) is 4.99 Å². The molecule has 0 aliphatic carbocycles. The summed E-state index contributed by atoms with van der Waals surface area (Å²) in [6.07, 6.45) is 1.65. The number of nitrogens with zero attached hydrogens (tertiary/aromatic N) is 2. The molecule has 144 valence electrons. The van der Waals surface area contributed by atoms with Gasteiger partial charge in [0, 0.05) is 10.9 Å². The molecule has 0 atom stereocenters. The highest BCUT2D eigenvalue weighted by atomic mass is 16.1. The van der Waals surface area contributed by atoms with Crippen LogP contribution in [0.5, 0.6) is 0 Å². The van der Waals surface area contributed by atoms with Crippen molar-refractivity contribution in [3.63, 3.8) is 0 Å². The van der Waals surface area contributed by atoms with Gasteiger partial charge in [-0.15, -0.1) is 0 Å². The van der Waals surface area contributed by atoms with Crippen LogP contribution in [0.4, 0.5) is 0 Å². The van der Waals surface area contributed by atoms with Crippen molar-refractivity contribution in [2.24, 2.45) is 21.9 Å². The van der Waals surface area contributed by atoms with Gasteiger partial charge in [0.2, 0.25) is 0 Å². The molecule has 0 fully saturated rings. The van der Waals surface area contributed by atoms with Crippen LogP contribution in [-0.2, 0) is 6.42 Å². The Morgan fingerprint density at radius 2 is 1.68 bits per heavy atom. The minimum Gasteiger partial charge on any atom is -0.370 e. The van der Waals surface area contributed by atoms with Crippen LogP contribution in [0.2, 0.25) is 0 Å². The van der Waals surface area contributed by atoms with Gasteiger partial charge in [0.25, 0.3) is 5.91 Å². The van der Waals surface area contributed by atoms with E-state index in [9.17, 15) is 4.79 Å². The number of rotatable bonds is 5. The molecule has 0 aliphatic heterocycles. The monoisotopic (exact) mass is 374 g/mol. The fraction of sp³-hybridized carbons (Fsp3) is 0.261. The number of hydrogen-bond acceptors (Lipinski definition) is 2. The van der Waals surface area contributed by atoms with E-state index in [0.717, 1.165) is 34.1 Å². The minimum absolute atomic E-state index is 0.0132. The topological polar surface area (TPSA) is 94.4 Å². The molecule has 3 rings (SSSR count). The van der Waals surface area contributed by atoms with Gasteiger partial charge in [-0.05, 0) is 23.5 Å². The van der Waals surface area contributed by atoms with Gasteiger partial charge >= 0.3 is 0 Å². The predicted molar refractivity (Wildman–Crippen MR) is 115 cm³/mol. The molecule has 0 aliphatic rings. The Kier molecular flexibility index (Phi) is 5.45. The molecule has 4 N–H and O–H groups in total. The molecule has 0 saturated carbocycles. The number of para-hydroxylation sites is 1. The van der Waals surface area contributed by atoms with E-state index in [2.05, 4.69) is 25.8 Å². The van der Waals surface area contributed by atoms with Crippen LogP contribution in [0.25, 0.3) is 22.2 Å². The first kappa shape index (κ1) is 19.5. The number of hydrogen-bond donors (Lipinski definition) is 2. The zero-order valence-electron chi connectivity index (χ0n) is 16.6. The highest BCUT2D eigenvalue weighted by molar-refractivity contribution is 6.12. The summed E-state index contributed by atoms with van der Waals surface area (Å²) in [6, 6.07) is 17.5. The van der Waals surface area contributed by atoms with E-state index in [4.69, 9.17) is 16.5 Å². The molecule has 0 spiro atoms. The number of fused-ring (bicyclic) bond motifs is 1. The lowest BCUT2D eigenvalue weighted by molar-refractivity contribution is 0.100. The van der Waals surface area contributed by atoms with E-state index in [1.54, 1.807) is 0 Å². The van der Waals surface area contributed by atoms with Crippen molar-refractivity contribution in [3.8, 4) is 11.3 Å². The van der Waals surface area contributed by atoms with Gasteiger partial charge in [-0.1, -0.05) is 75.7 Å². The van der Waals surface area contributed by atoms with Gasteiger partial charge in [-0.3, -0.25) is 4.79 Å². The SMILES string of the molecule is CCC(C)(C)Cc1c(-c2ccccc2)nc2ccccc2c1C(=O)N=C(N)N. The molecule has 0 bridgehead atoms. The average Bonchev–Trinajstić information content (AvgIpc) is 2.67. The maximum atomic E-state index is 13.1. The summed E-state index contributed by atoms with van der Waals surface area (Å²) in [5.74, 6) is -0.675. The summed E-state index contributed by atoms with van der Waals surface area (Å²) in [7, 11) is 0. The lowest BCUT2D eigenvalue weighted by atomic mass is 9.80. The molecule has 1 heterocycles. The van der Waals surface area contributed by atoms with Crippen molar-refractivity contribution in [1.29, 1.82) is 0 Å². The molecule has 28 heavy (non-hydrogen) atoms. The summed E-state index contributed by atoms with van der Waals surface area (Å²) in [4.78, 5) is 21.8. The van der Waals surface area contributed by atoms with Gasteiger partial charge in [-0.25, -0.2) is 4.98 Å². The van der Waals surface area contributed by atoms with Gasteiger partial charge < -0.3 is 11.5 Å². The Bertz CT molecular complexity index is 1040. The molecule has 0 radical (unpaired) electrons. The Morgan fingerprint density at radius 3 is 2.32 bits per heavy atom. The Labute approximate surface area is 165 Å². The number of pyridine rings is 1. The fourth-order valence-corrected chi connectivity index (χ4v) is 3.28. The van der Waals surface area contributed by atoms with Crippen molar-refractivity contribution in [1.82, 2.24) is 4.98 Å². The minimum atomic E-state index is -0.433. The van der Waals surface area contributed by atoms with Crippen LogP contribution in [0.3, 0.4) is 0 Å². The molecule has 1 aromatic heterocycles. The maximum Gasteiger partial charge on any atom is 0.281 e. The van der Waals surface area contributed by atoms with Gasteiger partial charge in [0.15, 0.2) is 5.96 Å². The second-order valence-electron chi connectivity index (χ2n) is 7.73. The number of guanidine groups is 1. The number of amides is 1. The van der Waals surface area contributed by atoms with Gasteiger partial charge in [0.1, 0.15) is 0 Å². The number of benzene rings is 2. The maximum absolute atomic E-state index is 13.1. The summed E-state index contributed by atoms with van der Waals surface area (Å²) in [5.41, 5.74) is 14.9. The summed E-state index contributed by atoms with van der Waals surface area (Å²) >= 11 is 0. The zero-order chi connectivity index (χ0) is 20.3. The molecule has 0 saturated heterocycles. The second-order valence-corrected chi connectivity index (χ2v) is 7.73. The largest absolute Gasteiger partial charge is 0.370 e. The molecular weight excluding hydrogens is 348 g/mol. The van der Waals surface area contributed by atoms with Crippen molar-refractivity contribution >= 4 is 22.8 Å². The first-order chi connectivity index (χ1) is 13.3. The highest BCUT2D eigenvalue weighted by Crippen LogP contribution is 2.36. The van der Waals surface area contributed by atoms with E-state index in [-0.39, 0.29) is 11.4 Å². The standard InChI is InChI=1S/C23H26N4O/c1-4-23(2,3)14-17-19(21(28)27-22(24)25)16-12-8-9-13-18(16)26-20(17)15-10-6-5-7-11-15/h5-13H,4,14H2,1-3H3,(H4,24,25,27,28). The number of aliphatic imine (C=N–C) groups is 1. The number of carbonyl (C=O) groups excluding carboxylic acids is 1. The number of nitrogens with two attached hydrogens (primary N) is 2. The summed E-state index contributed by atoms with van der Waals surface area (Å²) in [5, 5.41) is 0.763. The number of carbonyl (C=O) groups is 1. The smallest absolute Gasteiger partial charge is 0.281 e. The van der Waals surface area contributed by atoms with Crippen LogP contribution in [0, 0.1) is 5.41 Å². The summed E-state index contributed by atoms with van der Waals surface area (Å²) in [6.45, 7) is 6.52. The van der Waals surface area contributed by atoms with Crippen LogP contribution in [0.15, 0.2) is 59.6 Å². The Hall–Kier alpha value is -3.21.